The molecule has 1 heterocycles. The number of thiol groups is 1. The lowest BCUT2D eigenvalue weighted by molar-refractivity contribution is 0.0955. The predicted octanol–water partition coefficient (Wildman–Crippen LogP) is 3.73. The third-order valence-corrected chi connectivity index (χ3v) is 4.07. The summed E-state index contributed by atoms with van der Waals surface area (Å²) < 4.78 is 1.03. The van der Waals surface area contributed by atoms with Gasteiger partial charge in [-0.05, 0) is 23.8 Å². The average Bonchev–Trinajstić information content (AvgIpc) is 2.75. The number of hydrogen-bond acceptors (Lipinski definition) is 3. The van der Waals surface area contributed by atoms with Crippen LogP contribution in [-0.4, -0.2) is 5.91 Å². The van der Waals surface area contributed by atoms with Crippen LogP contribution in [-0.2, 0) is 6.54 Å². The summed E-state index contributed by atoms with van der Waals surface area (Å²) in [5, 5.41) is 4.72. The van der Waals surface area contributed by atoms with E-state index in [1.165, 1.54) is 11.3 Å². The van der Waals surface area contributed by atoms with Crippen LogP contribution in [0.4, 0.5) is 0 Å². The summed E-state index contributed by atoms with van der Waals surface area (Å²) in [6.07, 6.45) is 0. The molecule has 0 fully saturated rings. The second-order valence-corrected chi connectivity index (χ2v) is 5.82. The van der Waals surface area contributed by atoms with Gasteiger partial charge in [0.25, 0.3) is 5.91 Å². The molecule has 0 aliphatic heterocycles. The molecule has 88 valence electrons. The van der Waals surface area contributed by atoms with Crippen LogP contribution in [0.2, 0.25) is 0 Å². The molecule has 2 aromatic rings. The van der Waals surface area contributed by atoms with Gasteiger partial charge in [0.05, 0.1) is 4.88 Å². The smallest absolute Gasteiger partial charge is 0.261 e. The van der Waals surface area contributed by atoms with Crippen molar-refractivity contribution in [2.75, 3.05) is 0 Å². The van der Waals surface area contributed by atoms with E-state index in [2.05, 4.69) is 33.9 Å². The zero-order valence-corrected chi connectivity index (χ0v) is 12.1. The molecule has 0 radical (unpaired) electrons. The van der Waals surface area contributed by atoms with Gasteiger partial charge < -0.3 is 5.32 Å². The molecule has 1 N–H and O–H groups in total. The lowest BCUT2D eigenvalue weighted by Crippen LogP contribution is -2.21. The van der Waals surface area contributed by atoms with Crippen LogP contribution in [0, 0.1) is 0 Å². The Hall–Kier alpha value is -0.780. The van der Waals surface area contributed by atoms with E-state index >= 15 is 0 Å². The van der Waals surface area contributed by atoms with Gasteiger partial charge >= 0.3 is 0 Å². The van der Waals surface area contributed by atoms with Gasteiger partial charge in [0.2, 0.25) is 0 Å². The first-order valence-corrected chi connectivity index (χ1v) is 7.07. The van der Waals surface area contributed by atoms with E-state index in [4.69, 9.17) is 0 Å². The summed E-state index contributed by atoms with van der Waals surface area (Å²) in [5.74, 6) is -0.0572. The molecular weight excluding hydrogens is 318 g/mol. The highest BCUT2D eigenvalue weighted by atomic mass is 79.9. The SMILES string of the molecule is O=C(NCc1ccc(Br)cc1)c1cc(S)cs1. The number of benzene rings is 1. The number of carbonyl (C=O) groups is 1. The van der Waals surface area contributed by atoms with Crippen molar-refractivity contribution in [3.05, 3.63) is 50.6 Å². The Balaban J connectivity index is 1.94. The molecule has 1 aromatic heterocycles. The Morgan fingerprint density at radius 2 is 2.06 bits per heavy atom. The average molecular weight is 328 g/mol. The molecule has 0 saturated carbocycles. The minimum absolute atomic E-state index is 0.0572. The van der Waals surface area contributed by atoms with E-state index in [1.807, 2.05) is 29.6 Å². The van der Waals surface area contributed by atoms with Gasteiger partial charge in [0, 0.05) is 21.3 Å². The van der Waals surface area contributed by atoms with Gasteiger partial charge in [0.15, 0.2) is 0 Å². The highest BCUT2D eigenvalue weighted by Gasteiger charge is 2.07. The van der Waals surface area contributed by atoms with Gasteiger partial charge in [-0.2, -0.15) is 0 Å². The van der Waals surface area contributed by atoms with Crippen molar-refractivity contribution in [2.45, 2.75) is 11.4 Å². The van der Waals surface area contributed by atoms with Crippen molar-refractivity contribution in [1.29, 1.82) is 0 Å². The Kier molecular flexibility index (Phi) is 4.25. The van der Waals surface area contributed by atoms with Gasteiger partial charge in [-0.1, -0.05) is 28.1 Å². The highest BCUT2D eigenvalue weighted by molar-refractivity contribution is 9.10. The molecule has 2 rings (SSSR count). The zero-order chi connectivity index (χ0) is 12.3. The van der Waals surface area contributed by atoms with Crippen LogP contribution in [0.25, 0.3) is 0 Å². The maximum absolute atomic E-state index is 11.8. The molecule has 0 atom stereocenters. The van der Waals surface area contributed by atoms with E-state index in [0.717, 1.165) is 14.9 Å². The van der Waals surface area contributed by atoms with Crippen molar-refractivity contribution < 1.29 is 4.79 Å². The predicted molar refractivity (Wildman–Crippen MR) is 76.9 cm³/mol. The van der Waals surface area contributed by atoms with Crippen molar-refractivity contribution in [2.24, 2.45) is 0 Å². The minimum Gasteiger partial charge on any atom is -0.347 e. The van der Waals surface area contributed by atoms with Gasteiger partial charge in [0.1, 0.15) is 0 Å². The summed E-state index contributed by atoms with van der Waals surface area (Å²) in [6, 6.07) is 9.63. The van der Waals surface area contributed by atoms with E-state index in [9.17, 15) is 4.79 Å². The highest BCUT2D eigenvalue weighted by Crippen LogP contribution is 2.17. The van der Waals surface area contributed by atoms with E-state index < -0.39 is 0 Å². The van der Waals surface area contributed by atoms with Crippen molar-refractivity contribution >= 4 is 45.8 Å². The quantitative estimate of drug-likeness (QED) is 0.826. The van der Waals surface area contributed by atoms with Gasteiger partial charge in [-0.25, -0.2) is 0 Å². The third kappa shape index (κ3) is 3.59. The normalized spacial score (nSPS) is 10.2. The van der Waals surface area contributed by atoms with Crippen LogP contribution < -0.4 is 5.32 Å². The van der Waals surface area contributed by atoms with Crippen LogP contribution >= 0.6 is 39.9 Å². The first-order valence-electron chi connectivity index (χ1n) is 4.95. The second-order valence-electron chi connectivity index (χ2n) is 3.48. The molecule has 0 spiro atoms. The number of nitrogens with one attached hydrogen (secondary N) is 1. The molecule has 1 aromatic carbocycles. The summed E-state index contributed by atoms with van der Waals surface area (Å²) >= 11 is 8.94. The fraction of sp³-hybridized carbons (Fsp3) is 0.0833. The number of hydrogen-bond donors (Lipinski definition) is 2. The monoisotopic (exact) mass is 327 g/mol. The largest absolute Gasteiger partial charge is 0.347 e. The molecule has 5 heteroatoms. The lowest BCUT2D eigenvalue weighted by atomic mass is 10.2. The van der Waals surface area contributed by atoms with E-state index in [1.54, 1.807) is 6.07 Å². The molecule has 17 heavy (non-hydrogen) atoms. The van der Waals surface area contributed by atoms with Crippen molar-refractivity contribution in [3.8, 4) is 0 Å². The standard InChI is InChI=1S/C12H10BrNOS2/c13-9-3-1-8(2-4-9)6-14-12(15)11-5-10(16)7-17-11/h1-5,7,16H,6H2,(H,14,15). The van der Waals surface area contributed by atoms with Crippen molar-refractivity contribution in [1.82, 2.24) is 5.32 Å². The molecule has 0 aliphatic rings. The summed E-state index contributed by atoms with van der Waals surface area (Å²) in [7, 11) is 0. The Morgan fingerprint density at radius 3 is 2.65 bits per heavy atom. The van der Waals surface area contributed by atoms with Gasteiger partial charge in [-0.15, -0.1) is 24.0 Å². The maximum atomic E-state index is 11.8. The first kappa shape index (κ1) is 12.7. The van der Waals surface area contributed by atoms with Crippen LogP contribution in [0.15, 0.2) is 45.1 Å². The van der Waals surface area contributed by atoms with Gasteiger partial charge in [-0.3, -0.25) is 4.79 Å². The number of rotatable bonds is 3. The Bertz CT molecular complexity index is 522. The fourth-order valence-corrected chi connectivity index (χ4v) is 2.65. The molecule has 0 aliphatic carbocycles. The summed E-state index contributed by atoms with van der Waals surface area (Å²) in [5.41, 5.74) is 1.07. The summed E-state index contributed by atoms with van der Waals surface area (Å²) in [6.45, 7) is 0.534. The Morgan fingerprint density at radius 1 is 1.35 bits per heavy atom. The molecule has 0 saturated heterocycles. The molecule has 0 unspecified atom stereocenters. The van der Waals surface area contributed by atoms with Crippen LogP contribution in [0.5, 0.6) is 0 Å². The topological polar surface area (TPSA) is 29.1 Å². The van der Waals surface area contributed by atoms with Crippen LogP contribution in [0.3, 0.4) is 0 Å². The third-order valence-electron chi connectivity index (χ3n) is 2.18. The minimum atomic E-state index is -0.0572. The van der Waals surface area contributed by atoms with E-state index in [-0.39, 0.29) is 5.91 Å². The fourth-order valence-electron chi connectivity index (χ4n) is 1.32. The number of amides is 1. The molecule has 2 nitrogen and oxygen atoms in total. The maximum Gasteiger partial charge on any atom is 0.261 e. The van der Waals surface area contributed by atoms with Crippen LogP contribution in [0.1, 0.15) is 15.2 Å². The Labute approximate surface area is 118 Å². The second kappa shape index (κ2) is 5.71. The number of carbonyl (C=O) groups excluding carboxylic acids is 1. The summed E-state index contributed by atoms with van der Waals surface area (Å²) in [4.78, 5) is 13.3. The number of thiophene rings is 1. The lowest BCUT2D eigenvalue weighted by Gasteiger charge is -2.03. The molecule has 0 bridgehead atoms. The molecule has 1 amide bonds. The first-order chi connectivity index (χ1) is 8.15. The zero-order valence-electron chi connectivity index (χ0n) is 8.81. The van der Waals surface area contributed by atoms with E-state index in [0.29, 0.717) is 11.4 Å². The molecular formula is C12H10BrNOS2. The van der Waals surface area contributed by atoms with Crippen molar-refractivity contribution in [3.63, 3.8) is 0 Å². The number of halogens is 1.